The second kappa shape index (κ2) is 5.83. The van der Waals surface area contributed by atoms with E-state index in [2.05, 4.69) is 12.1 Å². The van der Waals surface area contributed by atoms with Gasteiger partial charge in [-0.2, -0.15) is 0 Å². The standard InChI is InChI=1S/C16H14O/c17-12-11-16(15-9-5-2-6-10-15)13-14-7-3-1-4-8-14/h1-11,16H,13H2. The fraction of sp³-hybridized carbons (Fsp3) is 0.125. The minimum Gasteiger partial charge on any atom is -0.234 e. The molecular formula is C16H14O. The van der Waals surface area contributed by atoms with E-state index in [-0.39, 0.29) is 5.92 Å². The smallest absolute Gasteiger partial charge is 0.120 e. The third-order valence-corrected chi connectivity index (χ3v) is 2.80. The van der Waals surface area contributed by atoms with E-state index in [9.17, 15) is 4.79 Å². The van der Waals surface area contributed by atoms with Crippen LogP contribution in [-0.2, 0) is 11.2 Å². The van der Waals surface area contributed by atoms with Gasteiger partial charge in [-0.3, -0.25) is 0 Å². The van der Waals surface area contributed by atoms with Crippen LogP contribution in [0, 0.1) is 0 Å². The highest BCUT2D eigenvalue weighted by Crippen LogP contribution is 2.21. The molecule has 0 saturated heterocycles. The second-order valence-corrected chi connectivity index (χ2v) is 3.99. The molecule has 0 radical (unpaired) electrons. The lowest BCUT2D eigenvalue weighted by Crippen LogP contribution is -2.00. The van der Waals surface area contributed by atoms with E-state index in [0.717, 1.165) is 12.0 Å². The van der Waals surface area contributed by atoms with E-state index in [4.69, 9.17) is 0 Å². The average molecular weight is 222 g/mol. The van der Waals surface area contributed by atoms with Crippen molar-refractivity contribution in [3.63, 3.8) is 0 Å². The van der Waals surface area contributed by atoms with Crippen molar-refractivity contribution in [1.82, 2.24) is 0 Å². The molecule has 0 saturated carbocycles. The van der Waals surface area contributed by atoms with Gasteiger partial charge in [0.15, 0.2) is 0 Å². The summed E-state index contributed by atoms with van der Waals surface area (Å²) in [4.78, 5) is 10.6. The summed E-state index contributed by atoms with van der Waals surface area (Å²) >= 11 is 0. The Hall–Kier alpha value is -2.11. The molecular weight excluding hydrogens is 208 g/mol. The van der Waals surface area contributed by atoms with Gasteiger partial charge in [-0.15, -0.1) is 0 Å². The molecule has 0 aliphatic rings. The maximum absolute atomic E-state index is 10.6. The minimum absolute atomic E-state index is 0.107. The lowest BCUT2D eigenvalue weighted by atomic mass is 9.92. The monoisotopic (exact) mass is 222 g/mol. The van der Waals surface area contributed by atoms with Crippen LogP contribution in [0.4, 0.5) is 0 Å². The van der Waals surface area contributed by atoms with Crippen LogP contribution in [0.3, 0.4) is 0 Å². The Bertz CT molecular complexity index is 496. The van der Waals surface area contributed by atoms with Gasteiger partial charge in [0.05, 0.1) is 0 Å². The highest BCUT2D eigenvalue weighted by atomic mass is 16.1. The number of rotatable bonds is 4. The molecule has 1 heteroatoms. The zero-order chi connectivity index (χ0) is 11.9. The highest BCUT2D eigenvalue weighted by Gasteiger charge is 2.08. The summed E-state index contributed by atoms with van der Waals surface area (Å²) < 4.78 is 0. The summed E-state index contributed by atoms with van der Waals surface area (Å²) in [7, 11) is 0. The molecule has 2 aromatic carbocycles. The van der Waals surface area contributed by atoms with Crippen LogP contribution in [0.25, 0.3) is 0 Å². The van der Waals surface area contributed by atoms with Crippen LogP contribution < -0.4 is 0 Å². The summed E-state index contributed by atoms with van der Waals surface area (Å²) in [5.74, 6) is 2.02. The largest absolute Gasteiger partial charge is 0.234 e. The van der Waals surface area contributed by atoms with Crippen LogP contribution in [0.2, 0.25) is 0 Å². The van der Waals surface area contributed by atoms with E-state index in [0.29, 0.717) is 0 Å². The molecule has 17 heavy (non-hydrogen) atoms. The van der Waals surface area contributed by atoms with Crippen LogP contribution in [0.5, 0.6) is 0 Å². The Labute approximate surface area is 101 Å². The van der Waals surface area contributed by atoms with Crippen molar-refractivity contribution in [2.75, 3.05) is 0 Å². The molecule has 1 unspecified atom stereocenters. The zero-order valence-electron chi connectivity index (χ0n) is 9.54. The predicted octanol–water partition coefficient (Wildman–Crippen LogP) is 3.40. The summed E-state index contributed by atoms with van der Waals surface area (Å²) in [6.45, 7) is 0. The van der Waals surface area contributed by atoms with Gasteiger partial charge in [0, 0.05) is 12.0 Å². The average Bonchev–Trinajstić information content (AvgIpc) is 2.40. The third-order valence-electron chi connectivity index (χ3n) is 2.80. The Balaban J connectivity index is 2.22. The zero-order valence-corrected chi connectivity index (χ0v) is 9.54. The minimum atomic E-state index is 0.107. The van der Waals surface area contributed by atoms with Gasteiger partial charge in [-0.25, -0.2) is 4.79 Å². The van der Waals surface area contributed by atoms with Crippen molar-refractivity contribution in [2.45, 2.75) is 12.3 Å². The predicted molar refractivity (Wildman–Crippen MR) is 69.6 cm³/mol. The lowest BCUT2D eigenvalue weighted by Gasteiger charge is -2.11. The van der Waals surface area contributed by atoms with Gasteiger partial charge in [0.1, 0.15) is 5.94 Å². The first kappa shape index (κ1) is 11.4. The number of hydrogen-bond donors (Lipinski definition) is 0. The molecule has 0 bridgehead atoms. The molecule has 0 N–H and O–H groups in total. The molecule has 1 atom stereocenters. The van der Waals surface area contributed by atoms with Crippen molar-refractivity contribution in [3.05, 3.63) is 77.9 Å². The molecule has 84 valence electrons. The van der Waals surface area contributed by atoms with Crippen molar-refractivity contribution in [2.24, 2.45) is 0 Å². The summed E-state index contributed by atoms with van der Waals surface area (Å²) in [5, 5.41) is 0. The van der Waals surface area contributed by atoms with Crippen LogP contribution in [-0.4, -0.2) is 5.94 Å². The first-order valence-electron chi connectivity index (χ1n) is 5.70. The number of allylic oxidation sites excluding steroid dienone is 1. The van der Waals surface area contributed by atoms with Gasteiger partial charge >= 0.3 is 0 Å². The first-order chi connectivity index (χ1) is 8.40. The van der Waals surface area contributed by atoms with Crippen molar-refractivity contribution >= 4 is 5.94 Å². The maximum Gasteiger partial charge on any atom is 0.120 e. The molecule has 2 rings (SSSR count). The quantitative estimate of drug-likeness (QED) is 0.724. The second-order valence-electron chi connectivity index (χ2n) is 3.99. The molecule has 0 spiro atoms. The summed E-state index contributed by atoms with van der Waals surface area (Å²) in [6.07, 6.45) is 2.43. The number of benzene rings is 2. The molecule has 0 aliphatic carbocycles. The molecule has 1 nitrogen and oxygen atoms in total. The lowest BCUT2D eigenvalue weighted by molar-refractivity contribution is 0.567. The first-order valence-corrected chi connectivity index (χ1v) is 5.70. The van der Waals surface area contributed by atoms with Crippen LogP contribution in [0.15, 0.2) is 66.7 Å². The van der Waals surface area contributed by atoms with Crippen LogP contribution in [0.1, 0.15) is 17.0 Å². The molecule has 0 heterocycles. The molecule has 0 fully saturated rings. The number of carbonyl (C=O) groups excluding carboxylic acids is 1. The van der Waals surface area contributed by atoms with Crippen molar-refractivity contribution in [1.29, 1.82) is 0 Å². The van der Waals surface area contributed by atoms with E-state index in [1.54, 1.807) is 6.08 Å². The van der Waals surface area contributed by atoms with E-state index in [1.165, 1.54) is 5.56 Å². The summed E-state index contributed by atoms with van der Waals surface area (Å²) in [6, 6.07) is 20.2. The molecule has 0 aliphatic heterocycles. The van der Waals surface area contributed by atoms with E-state index < -0.39 is 0 Å². The molecule has 2 aromatic rings. The fourth-order valence-electron chi connectivity index (χ4n) is 1.92. The topological polar surface area (TPSA) is 17.1 Å². The van der Waals surface area contributed by atoms with Crippen molar-refractivity contribution < 1.29 is 4.79 Å². The third kappa shape index (κ3) is 3.17. The maximum atomic E-state index is 10.6. The van der Waals surface area contributed by atoms with E-state index in [1.807, 2.05) is 54.5 Å². The van der Waals surface area contributed by atoms with Crippen LogP contribution >= 0.6 is 0 Å². The Kier molecular flexibility index (Phi) is 3.90. The molecule has 0 aromatic heterocycles. The Morgan fingerprint density at radius 2 is 1.53 bits per heavy atom. The van der Waals surface area contributed by atoms with Gasteiger partial charge in [0.25, 0.3) is 0 Å². The van der Waals surface area contributed by atoms with Gasteiger partial charge in [-0.1, -0.05) is 60.7 Å². The van der Waals surface area contributed by atoms with Gasteiger partial charge in [-0.05, 0) is 17.5 Å². The van der Waals surface area contributed by atoms with Crippen molar-refractivity contribution in [3.8, 4) is 0 Å². The van der Waals surface area contributed by atoms with Gasteiger partial charge in [0.2, 0.25) is 0 Å². The molecule has 0 amide bonds. The normalized spacial score (nSPS) is 11.5. The fourth-order valence-corrected chi connectivity index (χ4v) is 1.92. The Morgan fingerprint density at radius 3 is 2.12 bits per heavy atom. The highest BCUT2D eigenvalue weighted by molar-refractivity contribution is 5.49. The number of hydrogen-bond acceptors (Lipinski definition) is 1. The SMILES string of the molecule is O=C=CC(Cc1ccccc1)c1ccccc1. The van der Waals surface area contributed by atoms with Gasteiger partial charge < -0.3 is 0 Å². The van der Waals surface area contributed by atoms with E-state index >= 15 is 0 Å². The summed E-state index contributed by atoms with van der Waals surface area (Å²) in [5.41, 5.74) is 2.38. The Morgan fingerprint density at radius 1 is 0.941 bits per heavy atom.